The lowest BCUT2D eigenvalue weighted by atomic mass is 10.0. The SMILES string of the molecule is Cn1nc(-c2nc(-c3ccccc3)no2)c2c1CCN(C(=O)c1c(F)cccc1Cl)C2. The highest BCUT2D eigenvalue weighted by Gasteiger charge is 2.31. The van der Waals surface area contributed by atoms with Crippen molar-refractivity contribution in [2.45, 2.75) is 13.0 Å². The highest BCUT2D eigenvalue weighted by atomic mass is 35.5. The van der Waals surface area contributed by atoms with Crippen molar-refractivity contribution >= 4 is 17.5 Å². The van der Waals surface area contributed by atoms with Crippen LogP contribution in [-0.4, -0.2) is 37.3 Å². The molecule has 31 heavy (non-hydrogen) atoms. The van der Waals surface area contributed by atoms with E-state index in [-0.39, 0.29) is 23.0 Å². The molecule has 0 N–H and O–H groups in total. The van der Waals surface area contributed by atoms with E-state index >= 15 is 0 Å². The minimum Gasteiger partial charge on any atom is -0.334 e. The van der Waals surface area contributed by atoms with Gasteiger partial charge in [0.05, 0.1) is 17.1 Å². The van der Waals surface area contributed by atoms with Crippen LogP contribution in [0.5, 0.6) is 0 Å². The third-order valence-electron chi connectivity index (χ3n) is 5.37. The third kappa shape index (κ3) is 3.38. The third-order valence-corrected chi connectivity index (χ3v) is 5.68. The van der Waals surface area contributed by atoms with E-state index in [1.807, 2.05) is 37.4 Å². The van der Waals surface area contributed by atoms with Gasteiger partial charge in [-0.1, -0.05) is 53.2 Å². The Morgan fingerprint density at radius 1 is 1.16 bits per heavy atom. The highest BCUT2D eigenvalue weighted by molar-refractivity contribution is 6.33. The molecule has 0 aliphatic carbocycles. The second-order valence-electron chi connectivity index (χ2n) is 7.26. The number of hydrogen-bond donors (Lipinski definition) is 0. The molecule has 0 bridgehead atoms. The maximum Gasteiger partial charge on any atom is 0.279 e. The van der Waals surface area contributed by atoms with Crippen LogP contribution >= 0.6 is 11.6 Å². The Morgan fingerprint density at radius 3 is 2.74 bits per heavy atom. The van der Waals surface area contributed by atoms with Gasteiger partial charge in [-0.25, -0.2) is 4.39 Å². The average Bonchev–Trinajstić information content (AvgIpc) is 3.39. The monoisotopic (exact) mass is 437 g/mol. The summed E-state index contributed by atoms with van der Waals surface area (Å²) in [6, 6.07) is 13.7. The molecule has 0 atom stereocenters. The van der Waals surface area contributed by atoms with E-state index in [4.69, 9.17) is 16.1 Å². The lowest BCUT2D eigenvalue weighted by molar-refractivity contribution is 0.0729. The summed E-state index contributed by atoms with van der Waals surface area (Å²) in [6.07, 6.45) is 0.566. The maximum absolute atomic E-state index is 14.3. The van der Waals surface area contributed by atoms with Gasteiger partial charge in [0, 0.05) is 36.8 Å². The number of carbonyl (C=O) groups is 1. The van der Waals surface area contributed by atoms with Crippen molar-refractivity contribution in [3.05, 3.63) is 76.2 Å². The van der Waals surface area contributed by atoms with Crippen LogP contribution in [0.3, 0.4) is 0 Å². The van der Waals surface area contributed by atoms with Crippen LogP contribution in [0.25, 0.3) is 23.0 Å². The summed E-state index contributed by atoms with van der Waals surface area (Å²) in [4.78, 5) is 19.1. The number of halogens is 2. The summed E-state index contributed by atoms with van der Waals surface area (Å²) in [5.74, 6) is -0.371. The largest absolute Gasteiger partial charge is 0.334 e. The predicted octanol–water partition coefficient (Wildman–Crippen LogP) is 4.13. The fourth-order valence-electron chi connectivity index (χ4n) is 3.82. The number of rotatable bonds is 3. The first-order chi connectivity index (χ1) is 15.0. The number of hydrogen-bond acceptors (Lipinski definition) is 5. The normalized spacial score (nSPS) is 13.3. The highest BCUT2D eigenvalue weighted by Crippen LogP contribution is 2.31. The van der Waals surface area contributed by atoms with Gasteiger partial charge in [0.25, 0.3) is 11.8 Å². The van der Waals surface area contributed by atoms with Crippen LogP contribution < -0.4 is 0 Å². The van der Waals surface area contributed by atoms with Crippen molar-refractivity contribution in [2.75, 3.05) is 6.54 Å². The lowest BCUT2D eigenvalue weighted by Crippen LogP contribution is -2.37. The first kappa shape index (κ1) is 19.4. The van der Waals surface area contributed by atoms with Gasteiger partial charge in [-0.3, -0.25) is 9.48 Å². The Morgan fingerprint density at radius 2 is 1.97 bits per heavy atom. The summed E-state index contributed by atoms with van der Waals surface area (Å²) in [5, 5.41) is 8.71. The van der Waals surface area contributed by atoms with E-state index < -0.39 is 11.7 Å². The van der Waals surface area contributed by atoms with Crippen LogP contribution in [0.2, 0.25) is 5.02 Å². The zero-order chi connectivity index (χ0) is 21.5. The van der Waals surface area contributed by atoms with E-state index in [9.17, 15) is 9.18 Å². The molecule has 7 nitrogen and oxygen atoms in total. The van der Waals surface area contributed by atoms with Gasteiger partial charge < -0.3 is 9.42 Å². The summed E-state index contributed by atoms with van der Waals surface area (Å²) >= 11 is 6.10. The molecule has 2 aromatic heterocycles. The van der Waals surface area contributed by atoms with Crippen molar-refractivity contribution in [1.82, 2.24) is 24.8 Å². The van der Waals surface area contributed by atoms with Crippen molar-refractivity contribution in [3.63, 3.8) is 0 Å². The molecule has 3 heterocycles. The molecule has 5 rings (SSSR count). The summed E-state index contributed by atoms with van der Waals surface area (Å²) in [5.41, 5.74) is 3.00. The Bertz CT molecular complexity index is 1260. The van der Waals surface area contributed by atoms with Gasteiger partial charge in [-0.2, -0.15) is 10.1 Å². The molecule has 4 aromatic rings. The molecule has 0 radical (unpaired) electrons. The maximum atomic E-state index is 14.3. The molecule has 0 saturated carbocycles. The molecule has 0 spiro atoms. The average molecular weight is 438 g/mol. The van der Waals surface area contributed by atoms with Crippen LogP contribution in [0.4, 0.5) is 4.39 Å². The van der Waals surface area contributed by atoms with Crippen molar-refractivity contribution in [2.24, 2.45) is 7.05 Å². The van der Waals surface area contributed by atoms with Gasteiger partial charge in [-0.15, -0.1) is 0 Å². The van der Waals surface area contributed by atoms with E-state index in [0.29, 0.717) is 24.5 Å². The first-order valence-electron chi connectivity index (χ1n) is 9.70. The molecular formula is C22H17ClFN5O2. The predicted molar refractivity (Wildman–Crippen MR) is 112 cm³/mol. The molecule has 0 unspecified atom stereocenters. The van der Waals surface area contributed by atoms with Crippen LogP contribution in [-0.2, 0) is 20.0 Å². The van der Waals surface area contributed by atoms with E-state index in [1.54, 1.807) is 9.58 Å². The van der Waals surface area contributed by atoms with Gasteiger partial charge in [0.15, 0.2) is 5.69 Å². The summed E-state index contributed by atoms with van der Waals surface area (Å²) in [7, 11) is 1.84. The molecular weight excluding hydrogens is 421 g/mol. The fourth-order valence-corrected chi connectivity index (χ4v) is 4.07. The molecule has 2 aromatic carbocycles. The smallest absolute Gasteiger partial charge is 0.279 e. The van der Waals surface area contributed by atoms with Gasteiger partial charge >= 0.3 is 0 Å². The summed E-state index contributed by atoms with van der Waals surface area (Å²) < 4.78 is 21.5. The van der Waals surface area contributed by atoms with Crippen LogP contribution in [0.1, 0.15) is 21.6 Å². The summed E-state index contributed by atoms with van der Waals surface area (Å²) in [6.45, 7) is 0.666. The van der Waals surface area contributed by atoms with Gasteiger partial charge in [-0.05, 0) is 12.1 Å². The topological polar surface area (TPSA) is 77.1 Å². The van der Waals surface area contributed by atoms with Gasteiger partial charge in [0.2, 0.25) is 5.82 Å². The van der Waals surface area contributed by atoms with E-state index in [2.05, 4.69) is 15.2 Å². The number of fused-ring (bicyclic) bond motifs is 1. The van der Waals surface area contributed by atoms with E-state index in [1.165, 1.54) is 18.2 Å². The lowest BCUT2D eigenvalue weighted by Gasteiger charge is -2.28. The van der Waals surface area contributed by atoms with E-state index in [0.717, 1.165) is 16.8 Å². The molecule has 1 aliphatic heterocycles. The number of amides is 1. The fraction of sp³-hybridized carbons (Fsp3) is 0.182. The van der Waals surface area contributed by atoms with Gasteiger partial charge in [0.1, 0.15) is 5.82 Å². The molecule has 1 amide bonds. The quantitative estimate of drug-likeness (QED) is 0.481. The Hall–Kier alpha value is -3.52. The number of aromatic nitrogens is 4. The molecule has 9 heteroatoms. The first-order valence-corrected chi connectivity index (χ1v) is 10.1. The minimum absolute atomic E-state index is 0.0895. The molecule has 1 aliphatic rings. The standard InChI is InChI=1S/C22H17ClFN5O2/c1-28-17-10-11-29(22(30)18-15(23)8-5-9-16(18)24)12-14(17)19(26-28)21-25-20(27-31-21)13-6-3-2-4-7-13/h2-9H,10-12H2,1H3. The van der Waals surface area contributed by atoms with Crippen LogP contribution in [0.15, 0.2) is 53.1 Å². The number of benzene rings is 2. The van der Waals surface area contributed by atoms with Crippen molar-refractivity contribution < 1.29 is 13.7 Å². The number of aryl methyl sites for hydroxylation is 1. The zero-order valence-corrected chi connectivity index (χ0v) is 17.3. The Labute approximate surface area is 182 Å². The number of carbonyl (C=O) groups excluding carboxylic acids is 1. The van der Waals surface area contributed by atoms with Crippen molar-refractivity contribution in [3.8, 4) is 23.0 Å². The van der Waals surface area contributed by atoms with Crippen molar-refractivity contribution in [1.29, 1.82) is 0 Å². The Kier molecular flexibility index (Phi) is 4.78. The molecule has 0 fully saturated rings. The molecule has 0 saturated heterocycles. The Balaban J connectivity index is 1.49. The number of nitrogens with zero attached hydrogens (tertiary/aromatic N) is 5. The zero-order valence-electron chi connectivity index (χ0n) is 16.5. The molecule has 156 valence electrons. The second-order valence-corrected chi connectivity index (χ2v) is 7.67. The minimum atomic E-state index is -0.640. The second kappa shape index (κ2) is 7.63. The van der Waals surface area contributed by atoms with Crippen LogP contribution in [0, 0.1) is 5.82 Å².